The average molecular weight is 238 g/mol. The summed E-state index contributed by atoms with van der Waals surface area (Å²) in [7, 11) is 0. The highest BCUT2D eigenvalue weighted by Crippen LogP contribution is 2.31. The maximum atomic E-state index is 11.9. The predicted octanol–water partition coefficient (Wildman–Crippen LogP) is 2.22. The fraction of sp³-hybridized carbons (Fsp3) is 0.133. The van der Waals surface area contributed by atoms with Crippen LogP contribution in [0.2, 0.25) is 0 Å². The topological polar surface area (TPSA) is 55.1 Å². The largest absolute Gasteiger partial charge is 0.398 e. The summed E-state index contributed by atoms with van der Waals surface area (Å²) < 4.78 is 0. The summed E-state index contributed by atoms with van der Waals surface area (Å²) in [6.07, 6.45) is 0.830. The molecule has 0 bridgehead atoms. The van der Waals surface area contributed by atoms with Gasteiger partial charge in [0.05, 0.1) is 5.56 Å². The Labute approximate surface area is 106 Å². The zero-order valence-corrected chi connectivity index (χ0v) is 9.94. The number of carbonyl (C=O) groups excluding carboxylic acids is 1. The van der Waals surface area contributed by atoms with Crippen molar-refractivity contribution in [2.75, 3.05) is 12.3 Å². The monoisotopic (exact) mass is 238 g/mol. The van der Waals surface area contributed by atoms with E-state index < -0.39 is 0 Å². The Morgan fingerprint density at radius 2 is 1.83 bits per heavy atom. The first kappa shape index (κ1) is 10.8. The zero-order valence-electron chi connectivity index (χ0n) is 9.94. The van der Waals surface area contributed by atoms with Crippen molar-refractivity contribution in [2.45, 2.75) is 6.42 Å². The lowest BCUT2D eigenvalue weighted by Gasteiger charge is -2.21. The van der Waals surface area contributed by atoms with Gasteiger partial charge >= 0.3 is 0 Å². The molecule has 2 aromatic carbocycles. The molecule has 18 heavy (non-hydrogen) atoms. The normalized spacial score (nSPS) is 13.9. The first-order valence-electron chi connectivity index (χ1n) is 6.02. The first-order chi connectivity index (χ1) is 8.77. The molecular formula is C15H14N2O. The summed E-state index contributed by atoms with van der Waals surface area (Å²) in [6, 6.07) is 13.9. The smallest absolute Gasteiger partial charge is 0.253 e. The number of nitrogens with one attached hydrogen (secondary N) is 1. The van der Waals surface area contributed by atoms with Crippen LogP contribution in [-0.4, -0.2) is 12.5 Å². The molecule has 2 aromatic rings. The third-order valence-corrected chi connectivity index (χ3v) is 3.32. The predicted molar refractivity (Wildman–Crippen MR) is 72.3 cm³/mol. The number of carbonyl (C=O) groups is 1. The molecule has 3 nitrogen and oxygen atoms in total. The molecule has 0 fully saturated rings. The van der Waals surface area contributed by atoms with E-state index >= 15 is 0 Å². The number of hydrogen-bond donors (Lipinski definition) is 2. The summed E-state index contributed by atoms with van der Waals surface area (Å²) in [5, 5.41) is 2.84. The number of fused-ring (bicyclic) bond motifs is 1. The standard InChI is InChI=1S/C15H14N2O/c16-13-7-6-11(10-4-2-1-3-5-10)12-8-9-17-15(18)14(12)13/h1-7H,8-9,16H2,(H,17,18). The highest BCUT2D eigenvalue weighted by Gasteiger charge is 2.22. The Kier molecular flexibility index (Phi) is 2.52. The summed E-state index contributed by atoms with van der Waals surface area (Å²) in [5.41, 5.74) is 10.4. The Bertz CT molecular complexity index is 605. The second-order valence-corrected chi connectivity index (χ2v) is 4.43. The molecular weight excluding hydrogens is 224 g/mol. The third kappa shape index (κ3) is 1.64. The van der Waals surface area contributed by atoms with Gasteiger partial charge in [-0.3, -0.25) is 4.79 Å². The van der Waals surface area contributed by atoms with Crippen LogP contribution >= 0.6 is 0 Å². The van der Waals surface area contributed by atoms with Crippen LogP contribution in [0, 0.1) is 0 Å². The number of benzene rings is 2. The summed E-state index contributed by atoms with van der Waals surface area (Å²) >= 11 is 0. The highest BCUT2D eigenvalue weighted by atomic mass is 16.1. The van der Waals surface area contributed by atoms with Crippen molar-refractivity contribution in [1.29, 1.82) is 0 Å². The van der Waals surface area contributed by atoms with Gasteiger partial charge in [0.2, 0.25) is 0 Å². The van der Waals surface area contributed by atoms with Crippen LogP contribution in [0.15, 0.2) is 42.5 Å². The van der Waals surface area contributed by atoms with Gasteiger partial charge in [0.1, 0.15) is 0 Å². The molecule has 0 saturated carbocycles. The summed E-state index contributed by atoms with van der Waals surface area (Å²) in [4.78, 5) is 11.9. The molecule has 3 N–H and O–H groups in total. The minimum atomic E-state index is -0.0634. The number of anilines is 1. The Hall–Kier alpha value is -2.29. The van der Waals surface area contributed by atoms with E-state index in [0.717, 1.165) is 23.1 Å². The maximum absolute atomic E-state index is 11.9. The van der Waals surface area contributed by atoms with Gasteiger partial charge in [-0.2, -0.15) is 0 Å². The molecule has 0 saturated heterocycles. The van der Waals surface area contributed by atoms with E-state index in [9.17, 15) is 4.79 Å². The fourth-order valence-electron chi connectivity index (χ4n) is 2.47. The van der Waals surface area contributed by atoms with Crippen LogP contribution in [0.5, 0.6) is 0 Å². The minimum Gasteiger partial charge on any atom is -0.398 e. The Morgan fingerprint density at radius 3 is 2.61 bits per heavy atom. The lowest BCUT2D eigenvalue weighted by atomic mass is 9.90. The van der Waals surface area contributed by atoms with Gasteiger partial charge in [-0.05, 0) is 29.2 Å². The van der Waals surface area contributed by atoms with E-state index in [1.165, 1.54) is 0 Å². The van der Waals surface area contributed by atoms with Crippen LogP contribution < -0.4 is 11.1 Å². The zero-order chi connectivity index (χ0) is 12.5. The van der Waals surface area contributed by atoms with Crippen LogP contribution in [0.4, 0.5) is 5.69 Å². The van der Waals surface area contributed by atoms with Gasteiger partial charge in [-0.15, -0.1) is 0 Å². The van der Waals surface area contributed by atoms with Crippen molar-refractivity contribution >= 4 is 11.6 Å². The average Bonchev–Trinajstić information content (AvgIpc) is 2.40. The number of amides is 1. The molecule has 1 aliphatic rings. The Balaban J connectivity index is 2.24. The number of hydrogen-bond acceptors (Lipinski definition) is 2. The van der Waals surface area contributed by atoms with E-state index in [-0.39, 0.29) is 5.91 Å². The van der Waals surface area contributed by atoms with Gasteiger partial charge in [0.25, 0.3) is 5.91 Å². The SMILES string of the molecule is Nc1ccc(-c2ccccc2)c2c1C(=O)NCC2. The van der Waals surface area contributed by atoms with Crippen molar-refractivity contribution in [3.63, 3.8) is 0 Å². The van der Waals surface area contributed by atoms with Gasteiger partial charge < -0.3 is 11.1 Å². The van der Waals surface area contributed by atoms with Gasteiger partial charge in [0.15, 0.2) is 0 Å². The summed E-state index contributed by atoms with van der Waals surface area (Å²) in [6.45, 7) is 0.676. The van der Waals surface area contributed by atoms with Crippen molar-refractivity contribution in [1.82, 2.24) is 5.32 Å². The molecule has 0 unspecified atom stereocenters. The van der Waals surface area contributed by atoms with Crippen LogP contribution in [0.1, 0.15) is 15.9 Å². The van der Waals surface area contributed by atoms with Crippen molar-refractivity contribution in [3.8, 4) is 11.1 Å². The number of nitrogen functional groups attached to an aromatic ring is 1. The third-order valence-electron chi connectivity index (χ3n) is 3.32. The van der Waals surface area contributed by atoms with Crippen LogP contribution in [-0.2, 0) is 6.42 Å². The van der Waals surface area contributed by atoms with E-state index in [2.05, 4.69) is 17.4 Å². The molecule has 3 heteroatoms. The highest BCUT2D eigenvalue weighted by molar-refractivity contribution is 6.03. The van der Waals surface area contributed by atoms with Crippen LogP contribution in [0.25, 0.3) is 11.1 Å². The quantitative estimate of drug-likeness (QED) is 0.748. The molecule has 1 heterocycles. The van der Waals surface area contributed by atoms with Crippen molar-refractivity contribution in [2.24, 2.45) is 0 Å². The minimum absolute atomic E-state index is 0.0634. The van der Waals surface area contributed by atoms with Gasteiger partial charge in [-0.25, -0.2) is 0 Å². The molecule has 0 radical (unpaired) electrons. The molecule has 0 aromatic heterocycles. The molecule has 1 aliphatic heterocycles. The fourth-order valence-corrected chi connectivity index (χ4v) is 2.47. The van der Waals surface area contributed by atoms with Gasteiger partial charge in [-0.1, -0.05) is 36.4 Å². The molecule has 0 spiro atoms. The van der Waals surface area contributed by atoms with Gasteiger partial charge in [0, 0.05) is 12.2 Å². The lowest BCUT2D eigenvalue weighted by molar-refractivity contribution is 0.0947. The van der Waals surface area contributed by atoms with E-state index in [1.807, 2.05) is 30.3 Å². The Morgan fingerprint density at radius 1 is 1.06 bits per heavy atom. The molecule has 0 aliphatic carbocycles. The lowest BCUT2D eigenvalue weighted by Crippen LogP contribution is -2.33. The molecule has 1 amide bonds. The van der Waals surface area contributed by atoms with E-state index in [1.54, 1.807) is 0 Å². The van der Waals surface area contributed by atoms with Crippen LogP contribution in [0.3, 0.4) is 0 Å². The van der Waals surface area contributed by atoms with E-state index in [0.29, 0.717) is 17.8 Å². The molecule has 0 atom stereocenters. The van der Waals surface area contributed by atoms with E-state index in [4.69, 9.17) is 5.73 Å². The van der Waals surface area contributed by atoms with Crippen molar-refractivity contribution in [3.05, 3.63) is 53.6 Å². The second-order valence-electron chi connectivity index (χ2n) is 4.43. The molecule has 90 valence electrons. The number of rotatable bonds is 1. The second kappa shape index (κ2) is 4.18. The maximum Gasteiger partial charge on any atom is 0.253 e. The van der Waals surface area contributed by atoms with Crippen molar-refractivity contribution < 1.29 is 4.79 Å². The first-order valence-corrected chi connectivity index (χ1v) is 6.02. The molecule has 3 rings (SSSR count). The summed E-state index contributed by atoms with van der Waals surface area (Å²) in [5.74, 6) is -0.0634. The number of nitrogens with two attached hydrogens (primary N) is 1.